The molecule has 194 valence electrons. The zero-order chi connectivity index (χ0) is 26.3. The van der Waals surface area contributed by atoms with E-state index in [2.05, 4.69) is 21.0 Å². The maximum absolute atomic E-state index is 12.9. The number of nitriles is 1. The second-order valence-electron chi connectivity index (χ2n) is 9.41. The Kier molecular flexibility index (Phi) is 6.45. The van der Waals surface area contributed by atoms with E-state index in [0.717, 1.165) is 53.4 Å². The van der Waals surface area contributed by atoms with Gasteiger partial charge in [-0.1, -0.05) is 0 Å². The molecule has 37 heavy (non-hydrogen) atoms. The number of hydrogen-bond donors (Lipinski definition) is 0. The highest BCUT2D eigenvalue weighted by molar-refractivity contribution is 6.00. The van der Waals surface area contributed by atoms with Crippen molar-refractivity contribution < 1.29 is 22.7 Å². The van der Waals surface area contributed by atoms with E-state index < -0.39 is 18.6 Å². The van der Waals surface area contributed by atoms with Crippen LogP contribution < -0.4 is 9.64 Å². The monoisotopic (exact) mass is 512 g/mol. The van der Waals surface area contributed by atoms with Crippen LogP contribution in [-0.4, -0.2) is 83.9 Å². The third-order valence-electron chi connectivity index (χ3n) is 7.15. The van der Waals surface area contributed by atoms with Crippen LogP contribution in [0.3, 0.4) is 0 Å². The number of halogens is 3. The van der Waals surface area contributed by atoms with Crippen LogP contribution in [0, 0.1) is 11.3 Å². The van der Waals surface area contributed by atoms with Gasteiger partial charge in [0.25, 0.3) is 5.91 Å². The van der Waals surface area contributed by atoms with E-state index in [0.29, 0.717) is 12.0 Å². The Morgan fingerprint density at radius 3 is 2.59 bits per heavy atom. The lowest BCUT2D eigenvalue weighted by atomic mass is 9.93. The lowest BCUT2D eigenvalue weighted by Crippen LogP contribution is -2.49. The molecular formula is C26H27F3N6O2. The Morgan fingerprint density at radius 2 is 1.92 bits per heavy atom. The third-order valence-corrected chi connectivity index (χ3v) is 7.15. The standard InChI is InChI=1S/C26H27F3N6O2/c1-17(13-30)32-7-9-33(10-8-32)20-3-4-22-21(14-31-35(22)15-20)19-11-18-5-6-34(16-26(27,28)29)25(36)24(18)23(12-19)37-2/h3-4,11-12,14-15,17H,5-10,16H2,1-2H3/t17-/m0/s1. The van der Waals surface area contributed by atoms with Gasteiger partial charge in [-0.3, -0.25) is 9.69 Å². The molecule has 11 heteroatoms. The number of rotatable bonds is 5. The molecule has 4 heterocycles. The van der Waals surface area contributed by atoms with Crippen molar-refractivity contribution >= 4 is 17.1 Å². The van der Waals surface area contributed by atoms with Crippen LogP contribution in [0.2, 0.25) is 0 Å². The number of carbonyl (C=O) groups is 1. The molecule has 2 aliphatic heterocycles. The summed E-state index contributed by atoms with van der Waals surface area (Å²) < 4.78 is 46.1. The predicted octanol–water partition coefficient (Wildman–Crippen LogP) is 3.60. The summed E-state index contributed by atoms with van der Waals surface area (Å²) in [6, 6.07) is 9.76. The lowest BCUT2D eigenvalue weighted by Gasteiger charge is -2.37. The summed E-state index contributed by atoms with van der Waals surface area (Å²) in [5.74, 6) is -0.416. The first-order valence-electron chi connectivity index (χ1n) is 12.1. The molecule has 3 aromatic rings. The normalized spacial score (nSPS) is 17.6. The molecule has 1 aromatic carbocycles. The molecule has 0 bridgehead atoms. The summed E-state index contributed by atoms with van der Waals surface area (Å²) in [4.78, 5) is 18.1. The zero-order valence-corrected chi connectivity index (χ0v) is 20.6. The van der Waals surface area contributed by atoms with Crippen LogP contribution >= 0.6 is 0 Å². The Hall–Kier alpha value is -3.78. The molecule has 0 aliphatic carbocycles. The third kappa shape index (κ3) is 4.81. The van der Waals surface area contributed by atoms with Crippen molar-refractivity contribution in [1.29, 1.82) is 5.26 Å². The second-order valence-corrected chi connectivity index (χ2v) is 9.41. The quantitative estimate of drug-likeness (QED) is 0.520. The number of piperazine rings is 1. The molecule has 5 rings (SSSR count). The number of alkyl halides is 3. The first-order valence-corrected chi connectivity index (χ1v) is 12.1. The van der Waals surface area contributed by atoms with Crippen LogP contribution in [0.1, 0.15) is 22.8 Å². The highest BCUT2D eigenvalue weighted by atomic mass is 19.4. The van der Waals surface area contributed by atoms with Crippen LogP contribution in [-0.2, 0) is 6.42 Å². The molecule has 2 aliphatic rings. The van der Waals surface area contributed by atoms with Gasteiger partial charge in [0.1, 0.15) is 12.3 Å². The Balaban J connectivity index is 1.42. The van der Waals surface area contributed by atoms with Gasteiger partial charge in [0.15, 0.2) is 0 Å². The topological polar surface area (TPSA) is 77.1 Å². The fourth-order valence-corrected chi connectivity index (χ4v) is 5.14. The number of amides is 1. The summed E-state index contributed by atoms with van der Waals surface area (Å²) in [7, 11) is 1.41. The van der Waals surface area contributed by atoms with Gasteiger partial charge in [-0.15, -0.1) is 0 Å². The summed E-state index contributed by atoms with van der Waals surface area (Å²) in [5.41, 5.74) is 4.37. The van der Waals surface area contributed by atoms with Crippen molar-refractivity contribution in [2.45, 2.75) is 25.6 Å². The lowest BCUT2D eigenvalue weighted by molar-refractivity contribution is -0.141. The first-order chi connectivity index (χ1) is 17.7. The number of ether oxygens (including phenoxy) is 1. The number of benzene rings is 1. The molecule has 0 N–H and O–H groups in total. The van der Waals surface area contributed by atoms with Gasteiger partial charge >= 0.3 is 6.18 Å². The molecule has 0 spiro atoms. The molecule has 1 saturated heterocycles. The number of hydrogen-bond acceptors (Lipinski definition) is 6. The maximum Gasteiger partial charge on any atom is 0.406 e. The molecule has 1 fully saturated rings. The smallest absolute Gasteiger partial charge is 0.406 e. The Labute approximate surface area is 212 Å². The number of methoxy groups -OCH3 is 1. The Bertz CT molecular complexity index is 1350. The maximum atomic E-state index is 12.9. The fraction of sp³-hybridized carbons (Fsp3) is 0.423. The summed E-state index contributed by atoms with van der Waals surface area (Å²) in [6.07, 6.45) is -0.441. The molecule has 1 atom stereocenters. The molecule has 2 aromatic heterocycles. The van der Waals surface area contributed by atoms with Crippen LogP contribution in [0.5, 0.6) is 5.75 Å². The molecule has 0 radical (unpaired) electrons. The van der Waals surface area contributed by atoms with E-state index in [1.807, 2.05) is 31.3 Å². The molecule has 8 nitrogen and oxygen atoms in total. The number of nitrogens with zero attached hydrogens (tertiary/aromatic N) is 6. The van der Waals surface area contributed by atoms with Crippen molar-refractivity contribution in [3.8, 4) is 22.9 Å². The highest BCUT2D eigenvalue weighted by Gasteiger charge is 2.37. The van der Waals surface area contributed by atoms with Gasteiger partial charge in [0, 0.05) is 38.3 Å². The number of aromatic nitrogens is 2. The van der Waals surface area contributed by atoms with Crippen molar-refractivity contribution in [2.24, 2.45) is 0 Å². The minimum atomic E-state index is -4.46. The Morgan fingerprint density at radius 1 is 1.16 bits per heavy atom. The van der Waals surface area contributed by atoms with Gasteiger partial charge in [0.2, 0.25) is 0 Å². The SMILES string of the molecule is COc1cc(-c2cnn3cc(N4CCN([C@@H](C)C#N)CC4)ccc23)cc2c1C(=O)N(CC(F)(F)F)CC2. The number of anilines is 1. The number of pyridine rings is 1. The number of carbonyl (C=O) groups excluding carboxylic acids is 1. The second kappa shape index (κ2) is 9.59. The molecule has 0 saturated carbocycles. The van der Waals surface area contributed by atoms with E-state index in [-0.39, 0.29) is 23.9 Å². The van der Waals surface area contributed by atoms with Gasteiger partial charge in [0.05, 0.1) is 48.4 Å². The van der Waals surface area contributed by atoms with Crippen molar-refractivity contribution in [3.63, 3.8) is 0 Å². The first kappa shape index (κ1) is 24.9. The fourth-order valence-electron chi connectivity index (χ4n) is 5.14. The average Bonchev–Trinajstić information content (AvgIpc) is 3.32. The van der Waals surface area contributed by atoms with Crippen LogP contribution in [0.15, 0.2) is 36.7 Å². The zero-order valence-electron chi connectivity index (χ0n) is 20.6. The van der Waals surface area contributed by atoms with Gasteiger partial charge in [-0.2, -0.15) is 23.5 Å². The minimum Gasteiger partial charge on any atom is -0.496 e. The largest absolute Gasteiger partial charge is 0.496 e. The average molecular weight is 513 g/mol. The van der Waals surface area contributed by atoms with E-state index in [4.69, 9.17) is 10.00 Å². The van der Waals surface area contributed by atoms with E-state index >= 15 is 0 Å². The minimum absolute atomic E-state index is 0.00349. The molecule has 1 amide bonds. The van der Waals surface area contributed by atoms with Gasteiger partial charge in [-0.25, -0.2) is 4.52 Å². The van der Waals surface area contributed by atoms with Crippen LogP contribution in [0.4, 0.5) is 18.9 Å². The molecular weight excluding hydrogens is 485 g/mol. The number of fused-ring (bicyclic) bond motifs is 2. The van der Waals surface area contributed by atoms with E-state index in [9.17, 15) is 18.0 Å². The van der Waals surface area contributed by atoms with Crippen LogP contribution in [0.25, 0.3) is 16.6 Å². The predicted molar refractivity (Wildman–Crippen MR) is 132 cm³/mol. The summed E-state index contributed by atoms with van der Waals surface area (Å²) in [6.45, 7) is 3.88. The summed E-state index contributed by atoms with van der Waals surface area (Å²) >= 11 is 0. The highest BCUT2D eigenvalue weighted by Crippen LogP contribution is 2.36. The molecule has 0 unspecified atom stereocenters. The van der Waals surface area contributed by atoms with Crippen molar-refractivity contribution in [2.75, 3.05) is 51.3 Å². The van der Waals surface area contributed by atoms with Crippen molar-refractivity contribution in [3.05, 3.63) is 47.8 Å². The summed E-state index contributed by atoms with van der Waals surface area (Å²) in [5, 5.41) is 13.7. The van der Waals surface area contributed by atoms with E-state index in [1.165, 1.54) is 7.11 Å². The van der Waals surface area contributed by atoms with Gasteiger partial charge < -0.3 is 14.5 Å². The van der Waals surface area contributed by atoms with Gasteiger partial charge in [-0.05, 0) is 48.7 Å². The van der Waals surface area contributed by atoms with E-state index in [1.54, 1.807) is 16.8 Å². The van der Waals surface area contributed by atoms with Crippen molar-refractivity contribution in [1.82, 2.24) is 19.4 Å².